The number of nitrogens with one attached hydrogen (secondary N) is 1. The SMILES string of the molecule is CCC(C)(CN)C(=O)NC(C)c1ccc(C)cc1. The van der Waals surface area contributed by atoms with Gasteiger partial charge in [-0.05, 0) is 32.8 Å². The second kappa shape index (κ2) is 6.01. The van der Waals surface area contributed by atoms with Crippen LogP contribution in [0.5, 0.6) is 0 Å². The van der Waals surface area contributed by atoms with Gasteiger partial charge in [0, 0.05) is 6.54 Å². The van der Waals surface area contributed by atoms with Gasteiger partial charge in [0.1, 0.15) is 0 Å². The van der Waals surface area contributed by atoms with E-state index in [-0.39, 0.29) is 11.9 Å². The standard InChI is InChI=1S/C15H24N2O/c1-5-15(4,10-16)14(18)17-12(3)13-8-6-11(2)7-9-13/h6-9,12H,5,10,16H2,1-4H3,(H,17,18). The van der Waals surface area contributed by atoms with E-state index in [1.54, 1.807) is 0 Å². The Bertz CT molecular complexity index is 393. The summed E-state index contributed by atoms with van der Waals surface area (Å²) >= 11 is 0. The van der Waals surface area contributed by atoms with Gasteiger partial charge in [-0.2, -0.15) is 0 Å². The third-order valence-corrected chi connectivity index (χ3v) is 3.70. The summed E-state index contributed by atoms with van der Waals surface area (Å²) in [5, 5.41) is 3.04. The summed E-state index contributed by atoms with van der Waals surface area (Å²) in [5.74, 6) is 0.0283. The first kappa shape index (κ1) is 14.7. The number of carbonyl (C=O) groups excluding carboxylic acids is 1. The van der Waals surface area contributed by atoms with Crippen LogP contribution < -0.4 is 11.1 Å². The van der Waals surface area contributed by atoms with Crippen LogP contribution in [0.15, 0.2) is 24.3 Å². The number of nitrogens with two attached hydrogens (primary N) is 1. The van der Waals surface area contributed by atoms with Crippen molar-refractivity contribution in [1.29, 1.82) is 0 Å². The van der Waals surface area contributed by atoms with Crippen LogP contribution in [0.2, 0.25) is 0 Å². The Balaban J connectivity index is 2.73. The van der Waals surface area contributed by atoms with Crippen molar-refractivity contribution in [2.75, 3.05) is 6.54 Å². The molecule has 0 heterocycles. The zero-order chi connectivity index (χ0) is 13.8. The topological polar surface area (TPSA) is 55.1 Å². The van der Waals surface area contributed by atoms with E-state index in [0.717, 1.165) is 12.0 Å². The van der Waals surface area contributed by atoms with Crippen LogP contribution in [0, 0.1) is 12.3 Å². The van der Waals surface area contributed by atoms with Crippen LogP contribution in [0.1, 0.15) is 44.4 Å². The largest absolute Gasteiger partial charge is 0.349 e. The van der Waals surface area contributed by atoms with Gasteiger partial charge in [0.25, 0.3) is 0 Å². The molecule has 3 heteroatoms. The molecule has 0 saturated heterocycles. The molecule has 0 spiro atoms. The van der Waals surface area contributed by atoms with Gasteiger partial charge in [0.05, 0.1) is 11.5 Å². The van der Waals surface area contributed by atoms with E-state index in [0.29, 0.717) is 6.54 Å². The zero-order valence-electron chi connectivity index (χ0n) is 11.8. The molecule has 0 radical (unpaired) electrons. The van der Waals surface area contributed by atoms with Crippen LogP contribution in [0.25, 0.3) is 0 Å². The van der Waals surface area contributed by atoms with Crippen molar-refractivity contribution >= 4 is 5.91 Å². The number of rotatable bonds is 5. The molecule has 2 atom stereocenters. The second-order valence-corrected chi connectivity index (χ2v) is 5.22. The average Bonchev–Trinajstić information content (AvgIpc) is 2.38. The molecule has 100 valence electrons. The maximum atomic E-state index is 12.2. The van der Waals surface area contributed by atoms with E-state index in [1.165, 1.54) is 5.56 Å². The Labute approximate surface area is 110 Å². The van der Waals surface area contributed by atoms with E-state index in [9.17, 15) is 4.79 Å². The number of hydrogen-bond donors (Lipinski definition) is 2. The normalized spacial score (nSPS) is 15.8. The lowest BCUT2D eigenvalue weighted by atomic mass is 9.86. The van der Waals surface area contributed by atoms with Crippen molar-refractivity contribution in [2.45, 2.75) is 40.2 Å². The highest BCUT2D eigenvalue weighted by Gasteiger charge is 2.30. The van der Waals surface area contributed by atoms with Crippen molar-refractivity contribution in [1.82, 2.24) is 5.32 Å². The monoisotopic (exact) mass is 248 g/mol. The summed E-state index contributed by atoms with van der Waals surface area (Å²) in [5.41, 5.74) is 7.55. The maximum absolute atomic E-state index is 12.2. The fourth-order valence-corrected chi connectivity index (χ4v) is 1.71. The molecular weight excluding hydrogens is 224 g/mol. The zero-order valence-corrected chi connectivity index (χ0v) is 11.8. The van der Waals surface area contributed by atoms with Crippen molar-refractivity contribution in [3.8, 4) is 0 Å². The lowest BCUT2D eigenvalue weighted by molar-refractivity contribution is -0.130. The molecule has 0 saturated carbocycles. The Morgan fingerprint density at radius 2 is 1.94 bits per heavy atom. The Kier molecular flexibility index (Phi) is 4.91. The minimum absolute atomic E-state index is 0.00975. The van der Waals surface area contributed by atoms with Gasteiger partial charge in [-0.1, -0.05) is 36.8 Å². The van der Waals surface area contributed by atoms with Gasteiger partial charge in [-0.3, -0.25) is 4.79 Å². The fourth-order valence-electron chi connectivity index (χ4n) is 1.71. The molecule has 1 rings (SSSR count). The molecule has 0 aliphatic carbocycles. The molecule has 2 unspecified atom stereocenters. The molecule has 0 aliphatic heterocycles. The predicted molar refractivity (Wildman–Crippen MR) is 75.2 cm³/mol. The molecule has 0 aliphatic rings. The van der Waals surface area contributed by atoms with Crippen LogP contribution in [-0.4, -0.2) is 12.5 Å². The molecule has 3 N–H and O–H groups in total. The van der Waals surface area contributed by atoms with Crippen LogP contribution >= 0.6 is 0 Å². The summed E-state index contributed by atoms with van der Waals surface area (Å²) in [6.07, 6.45) is 0.746. The maximum Gasteiger partial charge on any atom is 0.227 e. The van der Waals surface area contributed by atoms with Gasteiger partial charge in [0.15, 0.2) is 0 Å². The van der Waals surface area contributed by atoms with Crippen LogP contribution in [0.4, 0.5) is 0 Å². The summed E-state index contributed by atoms with van der Waals surface area (Å²) in [4.78, 5) is 12.2. The smallest absolute Gasteiger partial charge is 0.227 e. The highest BCUT2D eigenvalue weighted by atomic mass is 16.2. The second-order valence-electron chi connectivity index (χ2n) is 5.22. The highest BCUT2D eigenvalue weighted by Crippen LogP contribution is 2.22. The van der Waals surface area contributed by atoms with E-state index < -0.39 is 5.41 Å². The lowest BCUT2D eigenvalue weighted by Crippen LogP contribution is -2.44. The summed E-state index contributed by atoms with van der Waals surface area (Å²) in [6, 6.07) is 8.22. The third-order valence-electron chi connectivity index (χ3n) is 3.70. The molecule has 3 nitrogen and oxygen atoms in total. The number of benzene rings is 1. The average molecular weight is 248 g/mol. The van der Waals surface area contributed by atoms with Gasteiger partial charge in [-0.15, -0.1) is 0 Å². The molecule has 0 bridgehead atoms. The first-order valence-corrected chi connectivity index (χ1v) is 6.50. The predicted octanol–water partition coefficient (Wildman–Crippen LogP) is 2.55. The van der Waals surface area contributed by atoms with Crippen molar-refractivity contribution < 1.29 is 4.79 Å². The highest BCUT2D eigenvalue weighted by molar-refractivity contribution is 5.82. The summed E-state index contributed by atoms with van der Waals surface area (Å²) < 4.78 is 0. The summed E-state index contributed by atoms with van der Waals surface area (Å²) in [6.45, 7) is 8.31. The Hall–Kier alpha value is -1.35. The van der Waals surface area contributed by atoms with Crippen molar-refractivity contribution in [3.63, 3.8) is 0 Å². The Morgan fingerprint density at radius 3 is 2.39 bits per heavy atom. The molecule has 1 aromatic carbocycles. The van der Waals surface area contributed by atoms with Crippen molar-refractivity contribution in [3.05, 3.63) is 35.4 Å². The fraction of sp³-hybridized carbons (Fsp3) is 0.533. The van der Waals surface area contributed by atoms with Crippen LogP contribution in [0.3, 0.4) is 0 Å². The molecule has 0 fully saturated rings. The van der Waals surface area contributed by atoms with E-state index in [2.05, 4.69) is 24.4 Å². The van der Waals surface area contributed by atoms with Gasteiger partial charge in [-0.25, -0.2) is 0 Å². The molecule has 0 aromatic heterocycles. The van der Waals surface area contributed by atoms with Gasteiger partial charge < -0.3 is 11.1 Å². The quantitative estimate of drug-likeness (QED) is 0.841. The first-order chi connectivity index (χ1) is 8.42. The first-order valence-electron chi connectivity index (χ1n) is 6.50. The van der Waals surface area contributed by atoms with E-state index in [4.69, 9.17) is 5.73 Å². The lowest BCUT2D eigenvalue weighted by Gasteiger charge is -2.27. The molecular formula is C15H24N2O. The molecule has 1 aromatic rings. The number of amides is 1. The van der Waals surface area contributed by atoms with Gasteiger partial charge in [0.2, 0.25) is 5.91 Å². The number of hydrogen-bond acceptors (Lipinski definition) is 2. The van der Waals surface area contributed by atoms with Gasteiger partial charge >= 0.3 is 0 Å². The minimum Gasteiger partial charge on any atom is -0.349 e. The third kappa shape index (κ3) is 3.33. The Morgan fingerprint density at radius 1 is 1.39 bits per heavy atom. The minimum atomic E-state index is -0.473. The van der Waals surface area contributed by atoms with Crippen LogP contribution in [-0.2, 0) is 4.79 Å². The van der Waals surface area contributed by atoms with E-state index >= 15 is 0 Å². The van der Waals surface area contributed by atoms with E-state index in [1.807, 2.05) is 32.9 Å². The summed E-state index contributed by atoms with van der Waals surface area (Å²) in [7, 11) is 0. The molecule has 1 amide bonds. The molecule has 18 heavy (non-hydrogen) atoms. The number of carbonyl (C=O) groups is 1. The number of aryl methyl sites for hydroxylation is 1. The van der Waals surface area contributed by atoms with Crippen molar-refractivity contribution in [2.24, 2.45) is 11.1 Å².